The smallest absolute Gasteiger partial charge is 0.187 e. The molecule has 0 aliphatic carbocycles. The highest BCUT2D eigenvalue weighted by molar-refractivity contribution is 7.98. The van der Waals surface area contributed by atoms with E-state index >= 15 is 0 Å². The second kappa shape index (κ2) is 9.70. The monoisotopic (exact) mass is 472 g/mol. The van der Waals surface area contributed by atoms with E-state index in [1.165, 1.54) is 35.2 Å². The Morgan fingerprint density at radius 3 is 2.55 bits per heavy atom. The predicted octanol–water partition coefficient (Wildman–Crippen LogP) is 6.01. The van der Waals surface area contributed by atoms with Crippen LogP contribution in [0.5, 0.6) is 0 Å². The maximum atomic E-state index is 13.4. The molecule has 2 heterocycles. The van der Waals surface area contributed by atoms with Crippen molar-refractivity contribution < 1.29 is 4.39 Å². The van der Waals surface area contributed by atoms with Gasteiger partial charge in [0.2, 0.25) is 0 Å². The number of aryl methyl sites for hydroxylation is 1. The molecule has 0 amide bonds. The van der Waals surface area contributed by atoms with Gasteiger partial charge < -0.3 is 11.1 Å². The second-order valence-corrected chi connectivity index (χ2v) is 8.91. The van der Waals surface area contributed by atoms with Crippen LogP contribution in [0.25, 0.3) is 11.1 Å². The Hall–Kier alpha value is -3.92. The molecule has 0 saturated carbocycles. The van der Waals surface area contributed by atoms with Crippen molar-refractivity contribution >= 4 is 39.7 Å². The molecule has 2 aromatic heterocycles. The van der Waals surface area contributed by atoms with Gasteiger partial charge in [0.1, 0.15) is 34.4 Å². The zero-order chi connectivity index (χ0) is 23.4. The number of hydrogen-bond acceptors (Lipinski definition) is 8. The van der Waals surface area contributed by atoms with E-state index in [1.54, 1.807) is 12.1 Å². The van der Waals surface area contributed by atoms with Crippen LogP contribution in [0.4, 0.5) is 21.0 Å². The number of nitrogen functional groups attached to an aromatic ring is 1. The number of nitriles is 2. The van der Waals surface area contributed by atoms with E-state index < -0.39 is 0 Å². The lowest BCUT2D eigenvalue weighted by molar-refractivity contribution is 0.628. The summed E-state index contributed by atoms with van der Waals surface area (Å²) < 4.78 is 13.4. The maximum Gasteiger partial charge on any atom is 0.187 e. The van der Waals surface area contributed by atoms with Gasteiger partial charge in [-0.05, 0) is 30.7 Å². The summed E-state index contributed by atoms with van der Waals surface area (Å²) in [6.07, 6.45) is 0. The fraction of sp³-hybridized carbons (Fsp3) is 0.0833. The van der Waals surface area contributed by atoms with Crippen LogP contribution in [0, 0.1) is 35.4 Å². The number of benzene rings is 2. The van der Waals surface area contributed by atoms with Crippen molar-refractivity contribution in [2.45, 2.75) is 17.7 Å². The Bertz CT molecular complexity index is 1400. The van der Waals surface area contributed by atoms with Gasteiger partial charge in [-0.2, -0.15) is 10.5 Å². The number of thioether (sulfide) groups is 1. The lowest BCUT2D eigenvalue weighted by atomic mass is 9.96. The van der Waals surface area contributed by atoms with Crippen molar-refractivity contribution in [2.24, 2.45) is 0 Å². The molecule has 33 heavy (non-hydrogen) atoms. The van der Waals surface area contributed by atoms with E-state index in [-0.39, 0.29) is 17.2 Å². The summed E-state index contributed by atoms with van der Waals surface area (Å²) in [7, 11) is 0. The predicted molar refractivity (Wildman–Crippen MR) is 130 cm³/mol. The number of pyridine rings is 1. The average Bonchev–Trinajstić information content (AvgIpc) is 3.25. The SMILES string of the molecule is Cc1ccc(-c2c(C#N)c(N)nc(SCc3csc(Nc4cccc(F)c4)n3)c2C#N)cc1. The Labute approximate surface area is 198 Å². The fourth-order valence-electron chi connectivity index (χ4n) is 3.17. The molecule has 4 rings (SSSR count). The molecular weight excluding hydrogens is 455 g/mol. The molecule has 0 unspecified atom stereocenters. The molecule has 9 heteroatoms. The topological polar surface area (TPSA) is 111 Å². The summed E-state index contributed by atoms with van der Waals surface area (Å²) in [5.41, 5.74) is 10.3. The van der Waals surface area contributed by atoms with Gasteiger partial charge >= 0.3 is 0 Å². The first-order chi connectivity index (χ1) is 16.0. The van der Waals surface area contributed by atoms with Crippen LogP contribution in [0.15, 0.2) is 58.9 Å². The lowest BCUT2D eigenvalue weighted by Gasteiger charge is -2.13. The number of halogens is 1. The first-order valence-corrected chi connectivity index (χ1v) is 11.7. The van der Waals surface area contributed by atoms with Gasteiger partial charge in [-0.3, -0.25) is 0 Å². The van der Waals surface area contributed by atoms with Crippen LogP contribution >= 0.6 is 23.1 Å². The van der Waals surface area contributed by atoms with E-state index in [2.05, 4.69) is 27.4 Å². The summed E-state index contributed by atoms with van der Waals surface area (Å²) in [6.45, 7) is 1.97. The summed E-state index contributed by atoms with van der Waals surface area (Å²) in [5, 5.41) is 25.6. The minimum Gasteiger partial charge on any atom is -0.383 e. The quantitative estimate of drug-likeness (QED) is 0.330. The first kappa shape index (κ1) is 22.3. The maximum absolute atomic E-state index is 13.4. The third kappa shape index (κ3) is 4.96. The Balaban J connectivity index is 1.60. The third-order valence-electron chi connectivity index (χ3n) is 4.74. The average molecular weight is 473 g/mol. The Morgan fingerprint density at radius 2 is 1.85 bits per heavy atom. The van der Waals surface area contributed by atoms with Crippen molar-refractivity contribution in [1.82, 2.24) is 9.97 Å². The summed E-state index contributed by atoms with van der Waals surface area (Å²) >= 11 is 2.72. The van der Waals surface area contributed by atoms with E-state index in [0.29, 0.717) is 32.7 Å². The van der Waals surface area contributed by atoms with E-state index in [4.69, 9.17) is 5.73 Å². The van der Waals surface area contributed by atoms with Crippen molar-refractivity contribution in [1.29, 1.82) is 10.5 Å². The van der Waals surface area contributed by atoms with Crippen LogP contribution in [0.3, 0.4) is 0 Å². The minimum absolute atomic E-state index is 0.0845. The van der Waals surface area contributed by atoms with Crippen molar-refractivity contribution in [3.05, 3.63) is 82.1 Å². The van der Waals surface area contributed by atoms with Gasteiger partial charge in [0.25, 0.3) is 0 Å². The Kier molecular flexibility index (Phi) is 6.55. The zero-order valence-electron chi connectivity index (χ0n) is 17.5. The molecule has 2 aromatic carbocycles. The molecular formula is C24H17FN6S2. The summed E-state index contributed by atoms with van der Waals surface area (Å²) in [5.74, 6) is 0.202. The van der Waals surface area contributed by atoms with Crippen LogP contribution in [-0.2, 0) is 5.75 Å². The van der Waals surface area contributed by atoms with Crippen LogP contribution in [0.2, 0.25) is 0 Å². The number of nitrogens with zero attached hydrogens (tertiary/aromatic N) is 4. The molecule has 3 N–H and O–H groups in total. The van der Waals surface area contributed by atoms with Gasteiger partial charge in [-0.15, -0.1) is 11.3 Å². The normalized spacial score (nSPS) is 10.4. The largest absolute Gasteiger partial charge is 0.383 e. The van der Waals surface area contributed by atoms with Gasteiger partial charge in [0.05, 0.1) is 11.3 Å². The highest BCUT2D eigenvalue weighted by Crippen LogP contribution is 2.37. The second-order valence-electron chi connectivity index (χ2n) is 7.08. The standard InChI is InChI=1S/C24H17FN6S2/c1-14-5-7-15(8-6-14)21-19(10-26)22(28)31-23(20(21)11-27)32-12-18-13-33-24(30-18)29-17-4-2-3-16(25)9-17/h2-9,13H,12H2,1H3,(H2,28,31)(H,29,30). The van der Waals surface area contributed by atoms with E-state index in [9.17, 15) is 14.9 Å². The number of nitrogens with two attached hydrogens (primary N) is 1. The molecule has 162 valence electrons. The molecule has 0 atom stereocenters. The van der Waals surface area contributed by atoms with Gasteiger partial charge in [-0.1, -0.05) is 47.7 Å². The molecule has 0 saturated heterocycles. The third-order valence-corrected chi connectivity index (χ3v) is 6.56. The van der Waals surface area contributed by atoms with E-state index in [0.717, 1.165) is 16.8 Å². The summed E-state index contributed by atoms with van der Waals surface area (Å²) in [4.78, 5) is 8.85. The van der Waals surface area contributed by atoms with Crippen molar-refractivity contribution in [3.8, 4) is 23.3 Å². The molecule has 0 aliphatic rings. The van der Waals surface area contributed by atoms with Gasteiger partial charge in [-0.25, -0.2) is 14.4 Å². The number of hydrogen-bond donors (Lipinski definition) is 2. The molecule has 0 bridgehead atoms. The Morgan fingerprint density at radius 1 is 1.09 bits per heavy atom. The number of aromatic nitrogens is 2. The van der Waals surface area contributed by atoms with Gasteiger partial charge in [0.15, 0.2) is 5.13 Å². The number of nitrogens with one attached hydrogen (secondary N) is 1. The first-order valence-electron chi connectivity index (χ1n) is 9.79. The number of thiazole rings is 1. The molecule has 0 fully saturated rings. The minimum atomic E-state index is -0.328. The molecule has 0 radical (unpaired) electrons. The van der Waals surface area contributed by atoms with Crippen LogP contribution in [-0.4, -0.2) is 9.97 Å². The summed E-state index contributed by atoms with van der Waals surface area (Å²) in [6, 6.07) is 18.0. The van der Waals surface area contributed by atoms with Crippen molar-refractivity contribution in [2.75, 3.05) is 11.1 Å². The van der Waals surface area contributed by atoms with Crippen LogP contribution in [0.1, 0.15) is 22.4 Å². The molecule has 0 aliphatic heterocycles. The fourth-order valence-corrected chi connectivity index (χ4v) is 4.90. The number of rotatable bonds is 6. The number of anilines is 3. The van der Waals surface area contributed by atoms with Crippen LogP contribution < -0.4 is 11.1 Å². The highest BCUT2D eigenvalue weighted by atomic mass is 32.2. The van der Waals surface area contributed by atoms with Crippen molar-refractivity contribution in [3.63, 3.8) is 0 Å². The zero-order valence-corrected chi connectivity index (χ0v) is 19.1. The van der Waals surface area contributed by atoms with Gasteiger partial charge in [0, 0.05) is 22.4 Å². The molecule has 4 aromatic rings. The molecule has 6 nitrogen and oxygen atoms in total. The lowest BCUT2D eigenvalue weighted by Crippen LogP contribution is -2.03. The molecule has 0 spiro atoms. The highest BCUT2D eigenvalue weighted by Gasteiger charge is 2.20. The van der Waals surface area contributed by atoms with E-state index in [1.807, 2.05) is 36.6 Å².